The summed E-state index contributed by atoms with van der Waals surface area (Å²) in [6.07, 6.45) is 0.708. The lowest BCUT2D eigenvalue weighted by Crippen LogP contribution is -2.27. The third-order valence-corrected chi connectivity index (χ3v) is 4.00. The molecule has 0 aliphatic rings. The van der Waals surface area contributed by atoms with Crippen LogP contribution in [0.3, 0.4) is 0 Å². The zero-order valence-electron chi connectivity index (χ0n) is 12.2. The van der Waals surface area contributed by atoms with Crippen LogP contribution in [0.15, 0.2) is 6.07 Å². The van der Waals surface area contributed by atoms with Gasteiger partial charge in [-0.05, 0) is 26.3 Å². The van der Waals surface area contributed by atoms with Gasteiger partial charge in [-0.15, -0.1) is 0 Å². The van der Waals surface area contributed by atoms with Crippen molar-refractivity contribution in [2.75, 3.05) is 6.54 Å². The monoisotopic (exact) mass is 329 g/mol. The topological polar surface area (TPSA) is 64.7 Å². The van der Waals surface area contributed by atoms with Crippen molar-refractivity contribution in [1.29, 1.82) is 0 Å². The first-order valence-corrected chi connectivity index (χ1v) is 7.33. The van der Waals surface area contributed by atoms with Gasteiger partial charge in [0.15, 0.2) is 0 Å². The summed E-state index contributed by atoms with van der Waals surface area (Å²) in [5.41, 5.74) is 2.07. The molecule has 2 aromatic rings. The number of carbonyl (C=O) groups excluding carboxylic acids is 1. The van der Waals surface area contributed by atoms with Crippen LogP contribution in [0.4, 0.5) is 0 Å². The van der Waals surface area contributed by atoms with Crippen molar-refractivity contribution in [2.24, 2.45) is 7.05 Å². The molecule has 1 N–H and O–H groups in total. The zero-order chi connectivity index (χ0) is 15.6. The predicted octanol–water partition coefficient (Wildman–Crippen LogP) is 2.36. The van der Waals surface area contributed by atoms with Crippen LogP contribution in [0.2, 0.25) is 10.2 Å². The van der Waals surface area contributed by atoms with E-state index in [4.69, 9.17) is 23.2 Å². The SMILES string of the molecule is Cc1cc(C(=O)NCCCn2nc(C)c(Cl)c2Cl)n(C)n1. The molecule has 0 unspecified atom stereocenters. The Balaban J connectivity index is 1.83. The van der Waals surface area contributed by atoms with Gasteiger partial charge in [0.2, 0.25) is 0 Å². The number of carbonyl (C=O) groups is 1. The molecule has 0 aliphatic carbocycles. The molecule has 0 saturated heterocycles. The van der Waals surface area contributed by atoms with Crippen molar-refractivity contribution in [3.05, 3.63) is 33.3 Å². The number of halogens is 2. The van der Waals surface area contributed by atoms with Gasteiger partial charge in [0.1, 0.15) is 15.9 Å². The highest BCUT2D eigenvalue weighted by Crippen LogP contribution is 2.24. The van der Waals surface area contributed by atoms with Crippen molar-refractivity contribution in [3.8, 4) is 0 Å². The highest BCUT2D eigenvalue weighted by atomic mass is 35.5. The zero-order valence-corrected chi connectivity index (χ0v) is 13.7. The lowest BCUT2D eigenvalue weighted by Gasteiger charge is -2.06. The molecule has 0 fully saturated rings. The van der Waals surface area contributed by atoms with Crippen molar-refractivity contribution in [3.63, 3.8) is 0 Å². The van der Waals surface area contributed by atoms with Gasteiger partial charge >= 0.3 is 0 Å². The molecule has 21 heavy (non-hydrogen) atoms. The standard InChI is InChI=1S/C13H17Cl2N5O/c1-8-7-10(19(3)17-8)13(21)16-5-4-6-20-12(15)11(14)9(2)18-20/h7H,4-6H2,1-3H3,(H,16,21). The normalized spacial score (nSPS) is 10.9. The summed E-state index contributed by atoms with van der Waals surface area (Å²) < 4.78 is 3.21. The van der Waals surface area contributed by atoms with E-state index in [9.17, 15) is 4.79 Å². The second-order valence-corrected chi connectivity index (χ2v) is 5.55. The van der Waals surface area contributed by atoms with E-state index in [1.165, 1.54) is 0 Å². The lowest BCUT2D eigenvalue weighted by atomic mass is 10.3. The van der Waals surface area contributed by atoms with E-state index in [0.29, 0.717) is 41.1 Å². The molecular weight excluding hydrogens is 313 g/mol. The van der Waals surface area contributed by atoms with Crippen molar-refractivity contribution >= 4 is 29.1 Å². The van der Waals surface area contributed by atoms with Crippen molar-refractivity contribution < 1.29 is 4.79 Å². The Hall–Kier alpha value is -1.53. The lowest BCUT2D eigenvalue weighted by molar-refractivity contribution is 0.0943. The van der Waals surface area contributed by atoms with Crippen LogP contribution in [0.5, 0.6) is 0 Å². The average molecular weight is 330 g/mol. The minimum Gasteiger partial charge on any atom is -0.351 e. The summed E-state index contributed by atoms with van der Waals surface area (Å²) in [5, 5.41) is 12.1. The summed E-state index contributed by atoms with van der Waals surface area (Å²) in [5.74, 6) is -0.140. The van der Waals surface area contributed by atoms with E-state index < -0.39 is 0 Å². The van der Waals surface area contributed by atoms with Crippen LogP contribution in [0.25, 0.3) is 0 Å². The number of nitrogens with one attached hydrogen (secondary N) is 1. The maximum absolute atomic E-state index is 12.0. The number of aryl methyl sites for hydroxylation is 4. The fourth-order valence-electron chi connectivity index (χ4n) is 2.02. The Morgan fingerprint density at radius 1 is 1.33 bits per heavy atom. The fraction of sp³-hybridized carbons (Fsp3) is 0.462. The summed E-state index contributed by atoms with van der Waals surface area (Å²) in [6, 6.07) is 1.75. The van der Waals surface area contributed by atoms with Crippen LogP contribution in [-0.2, 0) is 13.6 Å². The average Bonchev–Trinajstić information content (AvgIpc) is 2.89. The minimum atomic E-state index is -0.140. The molecule has 0 atom stereocenters. The number of hydrogen-bond donors (Lipinski definition) is 1. The molecule has 0 saturated carbocycles. The molecule has 2 rings (SSSR count). The fourth-order valence-corrected chi connectivity index (χ4v) is 2.42. The molecule has 0 spiro atoms. The first-order valence-electron chi connectivity index (χ1n) is 6.57. The van der Waals surface area contributed by atoms with Gasteiger partial charge in [-0.1, -0.05) is 23.2 Å². The molecule has 8 heteroatoms. The predicted molar refractivity (Wildman–Crippen MR) is 81.9 cm³/mol. The van der Waals surface area contributed by atoms with Crippen LogP contribution >= 0.6 is 23.2 Å². The molecule has 2 aromatic heterocycles. The second kappa shape index (κ2) is 6.49. The van der Waals surface area contributed by atoms with E-state index >= 15 is 0 Å². The summed E-state index contributed by atoms with van der Waals surface area (Å²) in [4.78, 5) is 12.0. The van der Waals surface area contributed by atoms with Crippen LogP contribution in [-0.4, -0.2) is 32.0 Å². The van der Waals surface area contributed by atoms with Gasteiger partial charge < -0.3 is 5.32 Å². The first-order chi connectivity index (χ1) is 9.90. The quantitative estimate of drug-likeness (QED) is 0.856. The summed E-state index contributed by atoms with van der Waals surface area (Å²) >= 11 is 12.0. The maximum atomic E-state index is 12.0. The van der Waals surface area contributed by atoms with E-state index in [1.54, 1.807) is 29.4 Å². The molecule has 114 valence electrons. The van der Waals surface area contributed by atoms with E-state index in [1.807, 2.05) is 6.92 Å². The third kappa shape index (κ3) is 3.57. The molecular formula is C13H17Cl2N5O. The van der Waals surface area contributed by atoms with Crippen LogP contribution < -0.4 is 5.32 Å². The summed E-state index contributed by atoms with van der Waals surface area (Å²) in [6.45, 7) is 4.77. The second-order valence-electron chi connectivity index (χ2n) is 4.82. The number of hydrogen-bond acceptors (Lipinski definition) is 3. The largest absolute Gasteiger partial charge is 0.351 e. The molecule has 0 aromatic carbocycles. The van der Waals surface area contributed by atoms with Gasteiger partial charge in [-0.25, -0.2) is 0 Å². The highest BCUT2D eigenvalue weighted by molar-refractivity contribution is 6.41. The first kappa shape index (κ1) is 15.9. The van der Waals surface area contributed by atoms with E-state index in [-0.39, 0.29) is 5.91 Å². The molecule has 0 aliphatic heterocycles. The third-order valence-electron chi connectivity index (χ3n) is 3.06. The van der Waals surface area contributed by atoms with Crippen molar-refractivity contribution in [1.82, 2.24) is 24.9 Å². The smallest absolute Gasteiger partial charge is 0.269 e. The maximum Gasteiger partial charge on any atom is 0.269 e. The molecule has 1 amide bonds. The van der Waals surface area contributed by atoms with Crippen LogP contribution in [0, 0.1) is 13.8 Å². The Bertz CT molecular complexity index is 662. The Morgan fingerprint density at radius 3 is 2.57 bits per heavy atom. The number of aromatic nitrogens is 4. The Kier molecular flexibility index (Phi) is 4.90. The van der Waals surface area contributed by atoms with Gasteiger partial charge in [-0.3, -0.25) is 14.2 Å². The molecule has 0 bridgehead atoms. The Morgan fingerprint density at radius 2 is 2.05 bits per heavy atom. The van der Waals surface area contributed by atoms with Gasteiger partial charge in [0.25, 0.3) is 5.91 Å². The van der Waals surface area contributed by atoms with E-state index in [2.05, 4.69) is 15.5 Å². The number of nitrogens with zero attached hydrogens (tertiary/aromatic N) is 4. The van der Waals surface area contributed by atoms with Gasteiger partial charge in [0.05, 0.1) is 11.4 Å². The number of amides is 1. The molecule has 6 nitrogen and oxygen atoms in total. The molecule has 0 radical (unpaired) electrons. The Labute approximate surface area is 133 Å². The van der Waals surface area contributed by atoms with Gasteiger partial charge in [-0.2, -0.15) is 10.2 Å². The molecule has 2 heterocycles. The van der Waals surface area contributed by atoms with E-state index in [0.717, 1.165) is 5.69 Å². The van der Waals surface area contributed by atoms with Gasteiger partial charge in [0, 0.05) is 20.1 Å². The van der Waals surface area contributed by atoms with Crippen molar-refractivity contribution in [2.45, 2.75) is 26.8 Å². The highest BCUT2D eigenvalue weighted by Gasteiger charge is 2.12. The number of rotatable bonds is 5. The van der Waals surface area contributed by atoms with Crippen LogP contribution in [0.1, 0.15) is 28.3 Å². The minimum absolute atomic E-state index is 0.140. The summed E-state index contributed by atoms with van der Waals surface area (Å²) in [7, 11) is 1.75.